The number of anilines is 1. The monoisotopic (exact) mass is 721 g/mol. The molecule has 0 unspecified atom stereocenters. The van der Waals surface area contributed by atoms with Gasteiger partial charge in [0.15, 0.2) is 5.82 Å². The first kappa shape index (κ1) is 34.8. The number of hydrogen-bond donors (Lipinski definition) is 1. The fourth-order valence-corrected chi connectivity index (χ4v) is 5.99. The highest BCUT2D eigenvalue weighted by Crippen LogP contribution is 2.35. The van der Waals surface area contributed by atoms with Gasteiger partial charge in [0, 0.05) is 49.6 Å². The molecular formula is C33H33Cl2N9O6. The highest BCUT2D eigenvalue weighted by atomic mass is 35.5. The summed E-state index contributed by atoms with van der Waals surface area (Å²) in [6.45, 7) is 4.63. The van der Waals surface area contributed by atoms with Crippen molar-refractivity contribution in [3.05, 3.63) is 110 Å². The first-order valence-corrected chi connectivity index (χ1v) is 17.1. The van der Waals surface area contributed by atoms with E-state index in [1.165, 1.54) is 27.5 Å². The van der Waals surface area contributed by atoms with Gasteiger partial charge in [0.25, 0.3) is 17.0 Å². The molecule has 50 heavy (non-hydrogen) atoms. The van der Waals surface area contributed by atoms with Gasteiger partial charge in [-0.2, -0.15) is 0 Å². The lowest BCUT2D eigenvalue weighted by molar-refractivity contribution is 0.102. The third-order valence-electron chi connectivity index (χ3n) is 8.47. The Labute approximate surface area is 294 Å². The summed E-state index contributed by atoms with van der Waals surface area (Å²) in [6.07, 6.45) is 7.88. The Morgan fingerprint density at radius 3 is 1.96 bits per heavy atom. The summed E-state index contributed by atoms with van der Waals surface area (Å²) in [5.74, 6) is -0.325. The molecule has 7 rings (SSSR count). The molecule has 3 aliphatic rings. The summed E-state index contributed by atoms with van der Waals surface area (Å²) < 4.78 is 5.32. The topological polar surface area (TPSA) is 185 Å². The number of halogens is 2. The lowest BCUT2D eigenvalue weighted by Crippen LogP contribution is -2.41. The number of nitroso groups, excluding NO2 is 1. The average Bonchev–Trinajstić information content (AvgIpc) is 4.05. The van der Waals surface area contributed by atoms with Crippen molar-refractivity contribution in [1.82, 2.24) is 28.2 Å². The van der Waals surface area contributed by atoms with E-state index in [9.17, 15) is 28.9 Å². The van der Waals surface area contributed by atoms with E-state index in [0.717, 1.165) is 35.1 Å². The van der Waals surface area contributed by atoms with Crippen LogP contribution in [-0.2, 0) is 19.5 Å². The van der Waals surface area contributed by atoms with Gasteiger partial charge in [-0.15, -0.1) is 4.91 Å². The second-order valence-corrected chi connectivity index (χ2v) is 13.0. The number of aliphatic imine (C=N–C) groups is 1. The maximum Gasteiger partial charge on any atom is 0.332 e. The Morgan fingerprint density at radius 2 is 1.42 bits per heavy atom. The standard InChI is InChI=1S/C17H17ClN4O2.C16H16ClN5O4/c1-2-7-21-15-12(16(23)22(17(21)24)11-4-5-11)8-13(20-15)10-3-6-14(18)19-9-10;1-2-7-21-13(19-14(23)9-3-6-11(17)18-8-9)12(20-26)15(24)22(16(21)25)10-4-5-10/h3,6,9,11H,2,4-5,7-8H2,1H3;3,6,8,10H,2,4-5,7H2,1H3,(H,19,23). The minimum absolute atomic E-state index is 0.0552. The molecule has 17 heteroatoms. The first-order valence-electron chi connectivity index (χ1n) is 16.3. The van der Waals surface area contributed by atoms with Crippen molar-refractivity contribution in [2.75, 3.05) is 5.32 Å². The number of carbonyl (C=O) groups excluding carboxylic acids is 1. The number of nitrogens with zero attached hydrogens (tertiary/aromatic N) is 8. The van der Waals surface area contributed by atoms with Crippen LogP contribution >= 0.6 is 23.2 Å². The molecule has 260 valence electrons. The SMILES string of the molecule is CCCn1c(NC(=O)c2ccc(Cl)nc2)c(N=O)c(=O)n(C2CC2)c1=O.CCCn1c2c(c(=O)n(C3CC3)c1=O)CC(c1ccc(Cl)nc1)=N2. The smallest absolute Gasteiger partial charge is 0.306 e. The van der Waals surface area contributed by atoms with Crippen molar-refractivity contribution in [3.8, 4) is 0 Å². The molecule has 1 amide bonds. The van der Waals surface area contributed by atoms with Gasteiger partial charge in [0.1, 0.15) is 16.1 Å². The number of carbonyl (C=O) groups is 1. The van der Waals surface area contributed by atoms with Gasteiger partial charge < -0.3 is 5.32 Å². The van der Waals surface area contributed by atoms with E-state index < -0.39 is 22.8 Å². The third-order valence-corrected chi connectivity index (χ3v) is 8.92. The Bertz CT molecular complexity index is 2250. The van der Waals surface area contributed by atoms with Crippen LogP contribution in [0.5, 0.6) is 0 Å². The van der Waals surface area contributed by atoms with Crippen molar-refractivity contribution in [2.45, 2.75) is 84.0 Å². The molecule has 0 saturated heterocycles. The summed E-state index contributed by atoms with van der Waals surface area (Å²) in [5, 5.41) is 5.87. The number of fused-ring (bicyclic) bond motifs is 1. The molecule has 2 saturated carbocycles. The fraction of sp³-hybridized carbons (Fsp3) is 0.394. The predicted molar refractivity (Wildman–Crippen MR) is 189 cm³/mol. The Balaban J connectivity index is 0.000000173. The molecule has 1 N–H and O–H groups in total. The minimum atomic E-state index is -0.788. The number of amides is 1. The van der Waals surface area contributed by atoms with Crippen molar-refractivity contribution in [3.63, 3.8) is 0 Å². The van der Waals surface area contributed by atoms with Crippen LogP contribution in [0.15, 0.2) is 66.0 Å². The van der Waals surface area contributed by atoms with E-state index in [0.29, 0.717) is 48.8 Å². The molecule has 2 aliphatic carbocycles. The molecule has 0 atom stereocenters. The van der Waals surface area contributed by atoms with E-state index in [2.05, 4.69) is 25.5 Å². The van der Waals surface area contributed by atoms with Gasteiger partial charge in [0.05, 0.1) is 16.8 Å². The number of nitrogens with one attached hydrogen (secondary N) is 1. The lowest BCUT2D eigenvalue weighted by Gasteiger charge is -2.16. The number of hydrogen-bond acceptors (Lipinski definition) is 10. The van der Waals surface area contributed by atoms with Crippen LogP contribution in [0.4, 0.5) is 17.3 Å². The Kier molecular flexibility index (Phi) is 10.1. The molecule has 2 fully saturated rings. The zero-order valence-corrected chi connectivity index (χ0v) is 28.8. The highest BCUT2D eigenvalue weighted by Gasteiger charge is 2.33. The molecular weight excluding hydrogens is 689 g/mol. The van der Waals surface area contributed by atoms with Crippen LogP contribution in [0.25, 0.3) is 0 Å². The zero-order chi connectivity index (χ0) is 35.7. The Morgan fingerprint density at radius 1 is 0.840 bits per heavy atom. The van der Waals surface area contributed by atoms with Crippen LogP contribution in [0.2, 0.25) is 10.3 Å². The fourth-order valence-electron chi connectivity index (χ4n) is 5.76. The molecule has 0 radical (unpaired) electrons. The quantitative estimate of drug-likeness (QED) is 0.176. The molecule has 4 aromatic rings. The number of pyridine rings is 2. The zero-order valence-electron chi connectivity index (χ0n) is 27.3. The van der Waals surface area contributed by atoms with Gasteiger partial charge in [0.2, 0.25) is 5.69 Å². The van der Waals surface area contributed by atoms with Crippen LogP contribution < -0.4 is 27.8 Å². The second-order valence-electron chi connectivity index (χ2n) is 12.2. The lowest BCUT2D eigenvalue weighted by atomic mass is 10.1. The third kappa shape index (κ3) is 6.87. The van der Waals surface area contributed by atoms with Crippen LogP contribution in [-0.4, -0.2) is 39.9 Å². The van der Waals surface area contributed by atoms with Crippen LogP contribution in [0.1, 0.15) is 85.9 Å². The average molecular weight is 723 g/mol. The maximum absolute atomic E-state index is 12.8. The van der Waals surface area contributed by atoms with Crippen molar-refractivity contribution >= 4 is 52.1 Å². The summed E-state index contributed by atoms with van der Waals surface area (Å²) in [6, 6.07) is 6.24. The van der Waals surface area contributed by atoms with Gasteiger partial charge in [-0.1, -0.05) is 37.0 Å². The van der Waals surface area contributed by atoms with Crippen molar-refractivity contribution in [2.24, 2.45) is 10.2 Å². The van der Waals surface area contributed by atoms with Gasteiger partial charge in [-0.3, -0.25) is 32.7 Å². The number of aromatic nitrogens is 6. The Hall–Kier alpha value is -5.02. The summed E-state index contributed by atoms with van der Waals surface area (Å²) in [7, 11) is 0. The largest absolute Gasteiger partial charge is 0.332 e. The van der Waals surface area contributed by atoms with E-state index in [-0.39, 0.29) is 46.4 Å². The second kappa shape index (κ2) is 14.5. The molecule has 4 aromatic heterocycles. The van der Waals surface area contributed by atoms with Crippen molar-refractivity contribution < 1.29 is 4.79 Å². The maximum atomic E-state index is 12.8. The highest BCUT2D eigenvalue weighted by molar-refractivity contribution is 6.29. The molecule has 5 heterocycles. The van der Waals surface area contributed by atoms with Crippen molar-refractivity contribution in [1.29, 1.82) is 0 Å². The van der Waals surface area contributed by atoms with Gasteiger partial charge in [-0.05, 0) is 68.0 Å². The summed E-state index contributed by atoms with van der Waals surface area (Å²) in [4.78, 5) is 87.0. The van der Waals surface area contributed by atoms with E-state index >= 15 is 0 Å². The first-order chi connectivity index (χ1) is 24.1. The predicted octanol–water partition coefficient (Wildman–Crippen LogP) is 4.93. The molecule has 15 nitrogen and oxygen atoms in total. The van der Waals surface area contributed by atoms with Gasteiger partial charge >= 0.3 is 11.4 Å². The normalized spacial score (nSPS) is 14.8. The minimum Gasteiger partial charge on any atom is -0.306 e. The van der Waals surface area contributed by atoms with E-state index in [1.54, 1.807) is 16.8 Å². The number of rotatable bonds is 10. The molecule has 0 bridgehead atoms. The van der Waals surface area contributed by atoms with Crippen LogP contribution in [0, 0.1) is 4.91 Å². The summed E-state index contributed by atoms with van der Waals surface area (Å²) >= 11 is 11.5. The van der Waals surface area contributed by atoms with Crippen LogP contribution in [0.3, 0.4) is 0 Å². The molecule has 0 spiro atoms. The van der Waals surface area contributed by atoms with Gasteiger partial charge in [-0.25, -0.2) is 24.5 Å². The molecule has 0 aromatic carbocycles. The van der Waals surface area contributed by atoms with E-state index in [1.807, 2.05) is 19.9 Å². The summed E-state index contributed by atoms with van der Waals surface area (Å²) in [5.41, 5.74) is 0.0919. The molecule has 1 aliphatic heterocycles. The van der Waals surface area contributed by atoms with E-state index in [4.69, 9.17) is 23.2 Å².